The molecule has 1 N–H and O–H groups in total. The number of carboxylic acid groups (broad SMARTS) is 1. The maximum Gasteiger partial charge on any atom is 0.309 e. The van der Waals surface area contributed by atoms with E-state index in [0.29, 0.717) is 5.92 Å². The van der Waals surface area contributed by atoms with E-state index in [0.717, 1.165) is 19.3 Å². The van der Waals surface area contributed by atoms with E-state index in [1.165, 1.54) is 32.1 Å². The van der Waals surface area contributed by atoms with Crippen molar-refractivity contribution < 1.29 is 9.90 Å². The van der Waals surface area contributed by atoms with Gasteiger partial charge in [-0.25, -0.2) is 0 Å². The van der Waals surface area contributed by atoms with Crippen LogP contribution in [0.15, 0.2) is 0 Å². The Balaban J connectivity index is 2.15. The highest BCUT2D eigenvalue weighted by molar-refractivity contribution is 5.75. The molecule has 0 bridgehead atoms. The van der Waals surface area contributed by atoms with Crippen molar-refractivity contribution in [3.63, 3.8) is 0 Å². The van der Waals surface area contributed by atoms with E-state index in [1.54, 1.807) is 0 Å². The summed E-state index contributed by atoms with van der Waals surface area (Å²) in [5.74, 6) is -0.149. The molecule has 0 aromatic heterocycles. The van der Waals surface area contributed by atoms with E-state index >= 15 is 0 Å². The molecule has 0 radical (unpaired) electrons. The molecule has 2 heteroatoms. The van der Waals surface area contributed by atoms with Crippen molar-refractivity contribution in [1.29, 1.82) is 0 Å². The van der Waals surface area contributed by atoms with Crippen LogP contribution in [0.25, 0.3) is 0 Å². The topological polar surface area (TPSA) is 37.3 Å². The lowest BCUT2D eigenvalue weighted by Crippen LogP contribution is -2.44. The third kappa shape index (κ3) is 2.96. The van der Waals surface area contributed by atoms with E-state index in [9.17, 15) is 4.79 Å². The van der Waals surface area contributed by atoms with Crippen molar-refractivity contribution in [3.05, 3.63) is 0 Å². The molecule has 2 nitrogen and oxygen atoms in total. The maximum absolute atomic E-state index is 11.0. The van der Waals surface area contributed by atoms with Gasteiger partial charge in [0.2, 0.25) is 0 Å². The zero-order chi connectivity index (χ0) is 11.3. The molecule has 2 atom stereocenters. The predicted molar refractivity (Wildman–Crippen MR) is 61.8 cm³/mol. The maximum atomic E-state index is 11.0. The molecule has 0 aliphatic heterocycles. The van der Waals surface area contributed by atoms with Crippen molar-refractivity contribution in [2.75, 3.05) is 0 Å². The van der Waals surface area contributed by atoms with Gasteiger partial charge in [0.25, 0.3) is 0 Å². The summed E-state index contributed by atoms with van der Waals surface area (Å²) in [5.41, 5.74) is -0.398. The van der Waals surface area contributed by atoms with Gasteiger partial charge in [0.15, 0.2) is 0 Å². The lowest BCUT2D eigenvalue weighted by atomic mass is 9.59. The van der Waals surface area contributed by atoms with E-state index in [-0.39, 0.29) is 0 Å². The third-order valence-corrected chi connectivity index (χ3v) is 4.06. The van der Waals surface area contributed by atoms with Gasteiger partial charge in [-0.15, -0.1) is 0 Å². The Kier molecular flexibility index (Phi) is 4.62. The molecule has 0 spiro atoms. The van der Waals surface area contributed by atoms with Gasteiger partial charge in [-0.1, -0.05) is 39.0 Å². The molecule has 0 aromatic carbocycles. The number of carbonyl (C=O) groups is 1. The monoisotopic (exact) mass is 212 g/mol. The van der Waals surface area contributed by atoms with E-state index in [4.69, 9.17) is 5.11 Å². The standard InChI is InChI=1S/C13H24O2/c1-3-4-5-6-7-8-11-9-10-13(11,2)12(14)15/h11H,3-10H2,1-2H3,(H,14,15). The largest absolute Gasteiger partial charge is 0.481 e. The van der Waals surface area contributed by atoms with Gasteiger partial charge in [-0.3, -0.25) is 4.79 Å². The van der Waals surface area contributed by atoms with Gasteiger partial charge in [-0.2, -0.15) is 0 Å². The van der Waals surface area contributed by atoms with Crippen LogP contribution in [0.3, 0.4) is 0 Å². The lowest BCUT2D eigenvalue weighted by molar-refractivity contribution is -0.159. The molecule has 1 aliphatic carbocycles. The summed E-state index contributed by atoms with van der Waals surface area (Å²) in [4.78, 5) is 11.0. The number of rotatable bonds is 7. The van der Waals surface area contributed by atoms with Crippen LogP contribution in [0.2, 0.25) is 0 Å². The van der Waals surface area contributed by atoms with E-state index < -0.39 is 11.4 Å². The first-order chi connectivity index (χ1) is 7.11. The smallest absolute Gasteiger partial charge is 0.309 e. The molecule has 1 saturated carbocycles. The second kappa shape index (κ2) is 5.53. The molecule has 0 amide bonds. The summed E-state index contributed by atoms with van der Waals surface area (Å²) in [6.07, 6.45) is 9.52. The highest BCUT2D eigenvalue weighted by Gasteiger charge is 2.48. The van der Waals surface area contributed by atoms with Gasteiger partial charge >= 0.3 is 5.97 Å². The van der Waals surface area contributed by atoms with Crippen LogP contribution < -0.4 is 0 Å². The summed E-state index contributed by atoms with van der Waals surface area (Å²) in [7, 11) is 0. The number of hydrogen-bond donors (Lipinski definition) is 1. The van der Waals surface area contributed by atoms with Crippen LogP contribution in [0, 0.1) is 11.3 Å². The Labute approximate surface area is 93.1 Å². The van der Waals surface area contributed by atoms with Crippen molar-refractivity contribution in [3.8, 4) is 0 Å². The molecule has 15 heavy (non-hydrogen) atoms. The first-order valence-electron chi connectivity index (χ1n) is 6.34. The van der Waals surface area contributed by atoms with Crippen LogP contribution in [0.5, 0.6) is 0 Å². The Morgan fingerprint density at radius 1 is 1.33 bits per heavy atom. The molecule has 0 heterocycles. The first kappa shape index (κ1) is 12.5. The van der Waals surface area contributed by atoms with E-state index in [1.807, 2.05) is 6.92 Å². The zero-order valence-electron chi connectivity index (χ0n) is 10.1. The molecule has 1 fully saturated rings. The molecular weight excluding hydrogens is 188 g/mol. The molecule has 1 aliphatic rings. The van der Waals surface area contributed by atoms with Crippen molar-refractivity contribution in [1.82, 2.24) is 0 Å². The quantitative estimate of drug-likeness (QED) is 0.651. The average Bonchev–Trinajstić information content (AvgIpc) is 2.20. The minimum Gasteiger partial charge on any atom is -0.481 e. The number of aliphatic carboxylic acids is 1. The minimum atomic E-state index is -0.590. The van der Waals surface area contributed by atoms with Crippen molar-refractivity contribution in [2.24, 2.45) is 11.3 Å². The van der Waals surface area contributed by atoms with Gasteiger partial charge in [0.05, 0.1) is 5.41 Å². The molecule has 88 valence electrons. The fourth-order valence-electron chi connectivity index (χ4n) is 2.52. The van der Waals surface area contributed by atoms with Gasteiger partial charge in [-0.05, 0) is 32.1 Å². The highest BCUT2D eigenvalue weighted by atomic mass is 16.4. The summed E-state index contributed by atoms with van der Waals surface area (Å²) in [6.45, 7) is 4.13. The van der Waals surface area contributed by atoms with Crippen molar-refractivity contribution >= 4 is 5.97 Å². The number of carboxylic acids is 1. The highest BCUT2D eigenvalue weighted by Crippen LogP contribution is 2.49. The Morgan fingerprint density at radius 2 is 2.00 bits per heavy atom. The van der Waals surface area contributed by atoms with Gasteiger partial charge < -0.3 is 5.11 Å². The Morgan fingerprint density at radius 3 is 2.47 bits per heavy atom. The molecular formula is C13H24O2. The molecule has 1 rings (SSSR count). The van der Waals surface area contributed by atoms with Crippen LogP contribution in [-0.2, 0) is 4.79 Å². The number of unbranched alkanes of at least 4 members (excludes halogenated alkanes) is 4. The third-order valence-electron chi connectivity index (χ3n) is 4.06. The summed E-state index contributed by atoms with van der Waals surface area (Å²) in [5, 5.41) is 9.10. The number of hydrogen-bond acceptors (Lipinski definition) is 1. The van der Waals surface area contributed by atoms with Crippen LogP contribution in [0.4, 0.5) is 0 Å². The SMILES string of the molecule is CCCCCCCC1CCC1(C)C(=O)O. The zero-order valence-corrected chi connectivity index (χ0v) is 10.1. The molecule has 0 aromatic rings. The van der Waals surface area contributed by atoms with Crippen molar-refractivity contribution in [2.45, 2.75) is 65.2 Å². The van der Waals surface area contributed by atoms with Crippen LogP contribution >= 0.6 is 0 Å². The van der Waals surface area contributed by atoms with Gasteiger partial charge in [0.1, 0.15) is 0 Å². The van der Waals surface area contributed by atoms with Crippen LogP contribution in [0.1, 0.15) is 65.2 Å². The van der Waals surface area contributed by atoms with Gasteiger partial charge in [0, 0.05) is 0 Å². The summed E-state index contributed by atoms with van der Waals surface area (Å²) in [6, 6.07) is 0. The average molecular weight is 212 g/mol. The second-order valence-corrected chi connectivity index (χ2v) is 5.16. The molecule has 0 saturated heterocycles. The lowest BCUT2D eigenvalue weighted by Gasteiger charge is -2.43. The second-order valence-electron chi connectivity index (χ2n) is 5.16. The Bertz CT molecular complexity index is 213. The van der Waals surface area contributed by atoms with E-state index in [2.05, 4.69) is 6.92 Å². The summed E-state index contributed by atoms with van der Waals surface area (Å²) < 4.78 is 0. The fraction of sp³-hybridized carbons (Fsp3) is 0.923. The molecule has 2 unspecified atom stereocenters. The van der Waals surface area contributed by atoms with Crippen LogP contribution in [-0.4, -0.2) is 11.1 Å². The fourth-order valence-corrected chi connectivity index (χ4v) is 2.52. The first-order valence-corrected chi connectivity index (χ1v) is 6.34. The Hall–Kier alpha value is -0.530. The predicted octanol–water partition coefficient (Wildman–Crippen LogP) is 3.85. The minimum absolute atomic E-state index is 0.398. The summed E-state index contributed by atoms with van der Waals surface area (Å²) >= 11 is 0. The normalized spacial score (nSPS) is 29.9.